The molecule has 0 radical (unpaired) electrons. The Labute approximate surface area is 418 Å². The molecule has 336 valence electrons. The molecule has 0 spiro atoms. The van der Waals surface area contributed by atoms with Crippen LogP contribution in [0.3, 0.4) is 0 Å². The zero-order valence-corrected chi connectivity index (χ0v) is 41.3. The SMILES string of the molecule is [2H]c1c([2H])c(C([2H])([2H])[2H])c([2H])c([2H])c1-c1ccnc(-c2[c-]c(-c3cccc4c3nc(-c3cc(C(C)C)cc(C(C)C)c3O)n4-c3ccc(-c4c(C(C)C)cccc4C([2H])(C)C)cc3C([2H])([2H])[2H])cc(C(C)(C)C)c2)c1.[Pt]. The van der Waals surface area contributed by atoms with Gasteiger partial charge < -0.3 is 5.11 Å². The van der Waals surface area contributed by atoms with E-state index in [-0.39, 0.29) is 55.7 Å². The van der Waals surface area contributed by atoms with Gasteiger partial charge in [0, 0.05) is 42.6 Å². The number of hydrogen-bond acceptors (Lipinski definition) is 3. The molecule has 0 fully saturated rings. The van der Waals surface area contributed by atoms with Crippen LogP contribution in [-0.4, -0.2) is 19.6 Å². The van der Waals surface area contributed by atoms with Crippen molar-refractivity contribution in [1.82, 2.24) is 14.5 Å². The number of pyridine rings is 1. The third kappa shape index (κ3) is 9.30. The summed E-state index contributed by atoms with van der Waals surface area (Å²) in [6.07, 6.45) is 1.51. The molecule has 8 aromatic rings. The Kier molecular flexibility index (Phi) is 10.0. The quantitative estimate of drug-likeness (QED) is 0.139. The van der Waals surface area contributed by atoms with E-state index in [1.165, 1.54) is 6.20 Å². The summed E-state index contributed by atoms with van der Waals surface area (Å²) in [6.45, 7) is 16.8. The molecule has 2 heterocycles. The second-order valence-corrected chi connectivity index (χ2v) is 19.0. The molecule has 4 nitrogen and oxygen atoms in total. The Bertz CT molecular complexity index is 3510. The molecule has 0 unspecified atom stereocenters. The second kappa shape index (κ2) is 18.7. The average Bonchev–Trinajstić information content (AvgIpc) is 3.71. The molecule has 0 amide bonds. The van der Waals surface area contributed by atoms with Gasteiger partial charge in [-0.05, 0) is 123 Å². The smallest absolute Gasteiger partial charge is 0.148 e. The minimum absolute atomic E-state index is 0. The van der Waals surface area contributed by atoms with Crippen LogP contribution in [0.1, 0.15) is 154 Å². The molecule has 0 saturated heterocycles. The fourth-order valence-corrected chi connectivity index (χ4v) is 8.52. The fourth-order valence-electron chi connectivity index (χ4n) is 8.52. The first kappa shape index (κ1) is 34.7. The van der Waals surface area contributed by atoms with E-state index in [0.717, 1.165) is 33.4 Å². The standard InChI is InChI=1S/C60H64N3O.Pt/c1-35(2)44-32-51(38(7)8)58(64)52(33-44)59-62-57-50(45-29-46(31-47(30-45)60(11,12)13)53-34-42(26-27-61-53)41-22-20-39(9)21-23-41)18-15-19-55(57)63(59)54-25-24-43(28-40(54)10)56-48(36(3)4)16-14-17-49(56)37(5)6;/h14-28,30-38,64H,1-13H3;/q-1;/i9D3,10D3,20D,21D,22D,23D,36D;. The number of fused-ring (bicyclic) bond motifs is 1. The van der Waals surface area contributed by atoms with Crippen LogP contribution in [0.4, 0.5) is 0 Å². The number of nitrogens with zero attached hydrogens (tertiary/aromatic N) is 3. The topological polar surface area (TPSA) is 50.9 Å². The average molecular weight is 1050 g/mol. The van der Waals surface area contributed by atoms with Crippen LogP contribution in [0.2, 0.25) is 0 Å². The van der Waals surface area contributed by atoms with E-state index in [4.69, 9.17) is 25.0 Å². The number of rotatable bonds is 10. The van der Waals surface area contributed by atoms with Crippen LogP contribution >= 0.6 is 0 Å². The number of hydrogen-bond donors (Lipinski definition) is 1. The molecule has 0 aliphatic heterocycles. The number of para-hydroxylation sites is 1. The molecule has 0 saturated carbocycles. The number of phenols is 1. The van der Waals surface area contributed by atoms with Gasteiger partial charge in [0.05, 0.1) is 27.8 Å². The zero-order valence-electron chi connectivity index (χ0n) is 50.1. The van der Waals surface area contributed by atoms with Crippen LogP contribution in [0, 0.1) is 19.8 Å². The van der Waals surface area contributed by atoms with Gasteiger partial charge in [0.25, 0.3) is 0 Å². The van der Waals surface area contributed by atoms with Crippen molar-refractivity contribution in [2.75, 3.05) is 0 Å². The Balaban J connectivity index is 0.00000840. The first-order valence-electron chi connectivity index (χ1n) is 27.6. The second-order valence-electron chi connectivity index (χ2n) is 19.0. The maximum atomic E-state index is 12.4. The van der Waals surface area contributed by atoms with E-state index < -0.39 is 54.7 Å². The molecule has 5 heteroatoms. The molecule has 1 N–H and O–H groups in total. The first-order chi connectivity index (χ1) is 34.8. The summed E-state index contributed by atoms with van der Waals surface area (Å²) in [7, 11) is 0. The molecule has 6 aromatic carbocycles. The minimum atomic E-state index is -2.86. The summed E-state index contributed by atoms with van der Waals surface area (Å²) < 4.78 is 97.1. The molecular weight excluding hydrogens is 974 g/mol. The first-order valence-corrected chi connectivity index (χ1v) is 22.1. The number of phenolic OH excluding ortho intramolecular Hbond substituents is 1. The van der Waals surface area contributed by atoms with Crippen LogP contribution < -0.4 is 0 Å². The number of benzene rings is 6. The maximum Gasteiger partial charge on any atom is 0.148 e. The van der Waals surface area contributed by atoms with Crippen LogP contribution in [-0.2, 0) is 26.5 Å². The summed E-state index contributed by atoms with van der Waals surface area (Å²) in [5.41, 5.74) is 9.21. The minimum Gasteiger partial charge on any atom is -0.507 e. The van der Waals surface area contributed by atoms with Gasteiger partial charge in [-0.25, -0.2) is 4.98 Å². The maximum absolute atomic E-state index is 12.4. The van der Waals surface area contributed by atoms with E-state index in [2.05, 4.69) is 54.5 Å². The van der Waals surface area contributed by atoms with Gasteiger partial charge in [0.2, 0.25) is 0 Å². The largest absolute Gasteiger partial charge is 0.507 e. The van der Waals surface area contributed by atoms with Crippen molar-refractivity contribution in [2.45, 2.75) is 119 Å². The van der Waals surface area contributed by atoms with Gasteiger partial charge >= 0.3 is 0 Å². The van der Waals surface area contributed by atoms with Crippen LogP contribution in [0.25, 0.3) is 72.7 Å². The van der Waals surface area contributed by atoms with Gasteiger partial charge in [-0.15, -0.1) is 29.3 Å². The number of aromatic hydroxyl groups is 1. The van der Waals surface area contributed by atoms with Gasteiger partial charge in [-0.2, -0.15) is 0 Å². The van der Waals surface area contributed by atoms with E-state index in [0.29, 0.717) is 61.6 Å². The molecule has 0 bridgehead atoms. The van der Waals surface area contributed by atoms with E-state index in [9.17, 15) is 5.11 Å². The van der Waals surface area contributed by atoms with Gasteiger partial charge in [0.15, 0.2) is 0 Å². The van der Waals surface area contributed by atoms with Crippen molar-refractivity contribution < 1.29 is 41.3 Å². The Morgan fingerprint density at radius 1 is 0.692 bits per heavy atom. The molecule has 0 atom stereocenters. The van der Waals surface area contributed by atoms with Gasteiger partial charge in [-0.1, -0.05) is 166 Å². The van der Waals surface area contributed by atoms with Crippen LogP contribution in [0.15, 0.2) is 121 Å². The summed E-state index contributed by atoms with van der Waals surface area (Å²) in [5, 5.41) is 12.4. The fraction of sp³-hybridized carbons (Fsp3) is 0.300. The molecule has 8 rings (SSSR count). The molecule has 65 heavy (non-hydrogen) atoms. The van der Waals surface area contributed by atoms with E-state index in [1.807, 2.05) is 105 Å². The predicted molar refractivity (Wildman–Crippen MR) is 271 cm³/mol. The zero-order chi connectivity index (χ0) is 55.2. The van der Waals surface area contributed by atoms with E-state index in [1.54, 1.807) is 18.2 Å². The van der Waals surface area contributed by atoms with E-state index >= 15 is 0 Å². The number of imidazole rings is 1. The summed E-state index contributed by atoms with van der Waals surface area (Å²) >= 11 is 0. The van der Waals surface area contributed by atoms with Crippen molar-refractivity contribution in [3.8, 4) is 67.5 Å². The van der Waals surface area contributed by atoms with Crippen molar-refractivity contribution in [3.63, 3.8) is 0 Å². The van der Waals surface area contributed by atoms with Crippen molar-refractivity contribution in [3.05, 3.63) is 166 Å². The Hall–Kier alpha value is -5.57. The summed E-state index contributed by atoms with van der Waals surface area (Å²) in [6, 6.07) is 29.6. The van der Waals surface area contributed by atoms with Crippen molar-refractivity contribution in [2.24, 2.45) is 0 Å². The van der Waals surface area contributed by atoms with Crippen LogP contribution in [0.5, 0.6) is 5.75 Å². The van der Waals surface area contributed by atoms with Gasteiger partial charge in [-0.3, -0.25) is 9.55 Å². The van der Waals surface area contributed by atoms with Gasteiger partial charge in [0.1, 0.15) is 11.6 Å². The summed E-state index contributed by atoms with van der Waals surface area (Å²) in [5.74, 6) is -0.551. The Morgan fingerprint density at radius 2 is 1.40 bits per heavy atom. The third-order valence-corrected chi connectivity index (χ3v) is 12.1. The molecule has 2 aromatic heterocycles. The molecule has 0 aliphatic carbocycles. The van der Waals surface area contributed by atoms with Crippen molar-refractivity contribution >= 4 is 11.0 Å². The number of aromatic nitrogens is 3. The molecular formula is C60H64N3OPt-. The van der Waals surface area contributed by atoms with Crippen molar-refractivity contribution in [1.29, 1.82) is 0 Å². The normalized spacial score (nSPS) is 15.0. The monoisotopic (exact) mass is 1050 g/mol. The summed E-state index contributed by atoms with van der Waals surface area (Å²) in [4.78, 5) is 10.1. The predicted octanol–water partition coefficient (Wildman–Crippen LogP) is 16.7. The molecule has 0 aliphatic rings. The third-order valence-electron chi connectivity index (χ3n) is 12.1. The Morgan fingerprint density at radius 3 is 2.06 bits per heavy atom. The number of aryl methyl sites for hydroxylation is 1.